The van der Waals surface area contributed by atoms with Crippen molar-refractivity contribution in [2.75, 3.05) is 26.3 Å². The van der Waals surface area contributed by atoms with Crippen molar-refractivity contribution in [3.63, 3.8) is 0 Å². The van der Waals surface area contributed by atoms with Crippen LogP contribution in [0.4, 0.5) is 0 Å². The van der Waals surface area contributed by atoms with E-state index in [0.717, 1.165) is 6.08 Å². The van der Waals surface area contributed by atoms with Gasteiger partial charge in [-0.25, -0.2) is 0 Å². The molecule has 0 aromatic carbocycles. The van der Waals surface area contributed by atoms with Gasteiger partial charge in [-0.2, -0.15) is 0 Å². The van der Waals surface area contributed by atoms with Gasteiger partial charge in [0.25, 0.3) is 0 Å². The van der Waals surface area contributed by atoms with Crippen LogP contribution in [0.15, 0.2) is 12.7 Å². The van der Waals surface area contributed by atoms with Gasteiger partial charge < -0.3 is 20.4 Å². The van der Waals surface area contributed by atoms with E-state index in [9.17, 15) is 9.59 Å². The highest BCUT2D eigenvalue weighted by atomic mass is 16.3. The molecule has 0 aromatic rings. The summed E-state index contributed by atoms with van der Waals surface area (Å²) in [6.45, 7) is 4.99. The molecule has 3 N–H and O–H groups in total. The zero-order chi connectivity index (χ0) is 13.3. The number of rotatable bonds is 8. The first-order valence-corrected chi connectivity index (χ1v) is 5.54. The molecule has 0 aliphatic heterocycles. The van der Waals surface area contributed by atoms with Gasteiger partial charge in [-0.1, -0.05) is 13.5 Å². The summed E-state index contributed by atoms with van der Waals surface area (Å²) in [5.74, 6) is -0.732. The van der Waals surface area contributed by atoms with E-state index in [1.807, 2.05) is 0 Å². The third kappa shape index (κ3) is 5.46. The minimum absolute atomic E-state index is 0.139. The molecule has 6 heteroatoms. The van der Waals surface area contributed by atoms with Crippen molar-refractivity contribution in [2.45, 2.75) is 19.4 Å². The summed E-state index contributed by atoms with van der Waals surface area (Å²) < 4.78 is 0. The molecular weight excluding hydrogens is 224 g/mol. The van der Waals surface area contributed by atoms with Gasteiger partial charge in [-0.05, 0) is 12.5 Å². The van der Waals surface area contributed by atoms with Gasteiger partial charge in [0.1, 0.15) is 6.04 Å². The van der Waals surface area contributed by atoms with Crippen LogP contribution in [0.1, 0.15) is 13.3 Å². The number of carbonyl (C=O) groups is 2. The zero-order valence-electron chi connectivity index (χ0n) is 10.1. The lowest BCUT2D eigenvalue weighted by Crippen LogP contribution is -2.49. The Bertz CT molecular complexity index is 262. The molecule has 6 nitrogen and oxygen atoms in total. The van der Waals surface area contributed by atoms with Crippen molar-refractivity contribution < 1.29 is 19.8 Å². The second-order valence-corrected chi connectivity index (χ2v) is 3.45. The molecule has 0 aromatic heterocycles. The van der Waals surface area contributed by atoms with Crippen LogP contribution in [-0.4, -0.2) is 59.3 Å². The van der Waals surface area contributed by atoms with Crippen molar-refractivity contribution in [1.82, 2.24) is 10.2 Å². The number of hydrogen-bond acceptors (Lipinski definition) is 4. The van der Waals surface area contributed by atoms with E-state index in [0.29, 0.717) is 6.42 Å². The maximum absolute atomic E-state index is 12.0. The van der Waals surface area contributed by atoms with Gasteiger partial charge in [-0.3, -0.25) is 9.59 Å². The largest absolute Gasteiger partial charge is 0.395 e. The number of aliphatic hydroxyl groups is 2. The average Bonchev–Trinajstić information content (AvgIpc) is 2.34. The molecular formula is C11H20N2O4. The Morgan fingerprint density at radius 2 is 1.88 bits per heavy atom. The molecule has 0 aliphatic rings. The van der Waals surface area contributed by atoms with Gasteiger partial charge >= 0.3 is 0 Å². The maximum atomic E-state index is 12.0. The van der Waals surface area contributed by atoms with Crippen LogP contribution >= 0.6 is 0 Å². The topological polar surface area (TPSA) is 89.9 Å². The molecule has 0 saturated carbocycles. The van der Waals surface area contributed by atoms with Crippen LogP contribution in [0.5, 0.6) is 0 Å². The van der Waals surface area contributed by atoms with E-state index in [2.05, 4.69) is 11.9 Å². The molecule has 0 spiro atoms. The van der Waals surface area contributed by atoms with E-state index < -0.39 is 11.9 Å². The first-order valence-electron chi connectivity index (χ1n) is 5.54. The van der Waals surface area contributed by atoms with Crippen molar-refractivity contribution in [3.8, 4) is 0 Å². The highest BCUT2D eigenvalue weighted by Gasteiger charge is 2.23. The average molecular weight is 244 g/mol. The van der Waals surface area contributed by atoms with E-state index in [1.54, 1.807) is 6.92 Å². The van der Waals surface area contributed by atoms with Crippen LogP contribution < -0.4 is 5.32 Å². The highest BCUT2D eigenvalue weighted by molar-refractivity contribution is 5.92. The van der Waals surface area contributed by atoms with Gasteiger partial charge in [0.2, 0.25) is 11.8 Å². The van der Waals surface area contributed by atoms with Crippen LogP contribution in [-0.2, 0) is 9.59 Å². The number of carbonyl (C=O) groups excluding carboxylic acids is 2. The van der Waals surface area contributed by atoms with Crippen LogP contribution in [0.2, 0.25) is 0 Å². The lowest BCUT2D eigenvalue weighted by Gasteiger charge is -2.25. The van der Waals surface area contributed by atoms with E-state index in [1.165, 1.54) is 4.90 Å². The molecule has 0 rings (SSSR count). The Morgan fingerprint density at radius 3 is 2.24 bits per heavy atom. The second-order valence-electron chi connectivity index (χ2n) is 3.45. The second kappa shape index (κ2) is 8.72. The van der Waals surface area contributed by atoms with Crippen LogP contribution in [0.25, 0.3) is 0 Å². The standard InChI is InChI=1S/C11H20N2O4/c1-3-9(12-10(16)4-2)11(17)13(5-7-14)6-8-15/h4,9,14-15H,2-3,5-8H2,1H3,(H,12,16)/t9-/m1/s1. The van der Waals surface area contributed by atoms with Crippen molar-refractivity contribution in [2.24, 2.45) is 0 Å². The first-order chi connectivity index (χ1) is 8.10. The molecule has 98 valence electrons. The molecule has 1 atom stereocenters. The Balaban J connectivity index is 4.56. The predicted octanol–water partition coefficient (Wildman–Crippen LogP) is -1.12. The summed E-state index contributed by atoms with van der Waals surface area (Å²) in [7, 11) is 0. The molecule has 0 radical (unpaired) electrons. The van der Waals surface area contributed by atoms with E-state index in [4.69, 9.17) is 10.2 Å². The smallest absolute Gasteiger partial charge is 0.245 e. The Kier molecular flexibility index (Phi) is 8.00. The summed E-state index contributed by atoms with van der Waals surface area (Å²) in [6, 6.07) is -0.654. The molecule has 0 fully saturated rings. The Hall–Kier alpha value is -1.40. The number of hydrogen-bond donors (Lipinski definition) is 3. The lowest BCUT2D eigenvalue weighted by atomic mass is 10.2. The summed E-state index contributed by atoms with van der Waals surface area (Å²) in [5.41, 5.74) is 0. The maximum Gasteiger partial charge on any atom is 0.245 e. The fourth-order valence-electron chi connectivity index (χ4n) is 1.36. The Labute approximate surface area is 101 Å². The highest BCUT2D eigenvalue weighted by Crippen LogP contribution is 1.99. The molecule has 0 aliphatic carbocycles. The normalized spacial score (nSPS) is 11.7. The van der Waals surface area contributed by atoms with Crippen molar-refractivity contribution in [1.29, 1.82) is 0 Å². The number of aliphatic hydroxyl groups excluding tert-OH is 2. The Morgan fingerprint density at radius 1 is 1.35 bits per heavy atom. The summed E-state index contributed by atoms with van der Waals surface area (Å²) in [4.78, 5) is 24.4. The summed E-state index contributed by atoms with van der Waals surface area (Å²) in [6.07, 6.45) is 1.53. The molecule has 0 heterocycles. The van der Waals surface area contributed by atoms with Crippen molar-refractivity contribution in [3.05, 3.63) is 12.7 Å². The third-order valence-corrected chi connectivity index (χ3v) is 2.26. The van der Waals surface area contributed by atoms with E-state index in [-0.39, 0.29) is 32.2 Å². The molecule has 0 bridgehead atoms. The van der Waals surface area contributed by atoms with Gasteiger partial charge in [0.15, 0.2) is 0 Å². The number of nitrogens with one attached hydrogen (secondary N) is 1. The van der Waals surface area contributed by atoms with Gasteiger partial charge in [-0.15, -0.1) is 0 Å². The predicted molar refractivity (Wildman–Crippen MR) is 63.2 cm³/mol. The van der Waals surface area contributed by atoms with Crippen LogP contribution in [0, 0.1) is 0 Å². The fourth-order valence-corrected chi connectivity index (χ4v) is 1.36. The molecule has 0 unspecified atom stereocenters. The monoisotopic (exact) mass is 244 g/mol. The number of nitrogens with zero attached hydrogens (tertiary/aromatic N) is 1. The SMILES string of the molecule is C=CC(=O)N[C@H](CC)C(=O)N(CCO)CCO. The minimum Gasteiger partial charge on any atom is -0.395 e. The first kappa shape index (κ1) is 15.6. The zero-order valence-corrected chi connectivity index (χ0v) is 10.1. The molecule has 17 heavy (non-hydrogen) atoms. The summed E-state index contributed by atoms with van der Waals surface area (Å²) >= 11 is 0. The summed E-state index contributed by atoms with van der Waals surface area (Å²) in [5, 5.41) is 20.1. The molecule has 2 amide bonds. The van der Waals surface area contributed by atoms with Crippen LogP contribution in [0.3, 0.4) is 0 Å². The van der Waals surface area contributed by atoms with E-state index >= 15 is 0 Å². The lowest BCUT2D eigenvalue weighted by molar-refractivity contribution is -0.136. The number of amides is 2. The van der Waals surface area contributed by atoms with Crippen molar-refractivity contribution >= 4 is 11.8 Å². The quantitative estimate of drug-likeness (QED) is 0.472. The van der Waals surface area contributed by atoms with Gasteiger partial charge in [0.05, 0.1) is 13.2 Å². The molecule has 0 saturated heterocycles. The fraction of sp³-hybridized carbons (Fsp3) is 0.636. The third-order valence-electron chi connectivity index (χ3n) is 2.26. The van der Waals surface area contributed by atoms with Gasteiger partial charge in [0, 0.05) is 13.1 Å². The minimum atomic E-state index is -0.654.